The SMILES string of the molecule is C[C@@H]1C[C@@H](c2ccccc2F)N(C(=O)[C@H]2CCNC2)C1. The molecule has 2 saturated heterocycles. The van der Waals surface area contributed by atoms with Gasteiger partial charge in [-0.15, -0.1) is 0 Å². The summed E-state index contributed by atoms with van der Waals surface area (Å²) in [6.07, 6.45) is 1.75. The van der Waals surface area contributed by atoms with Crippen molar-refractivity contribution in [2.75, 3.05) is 19.6 Å². The topological polar surface area (TPSA) is 32.3 Å². The van der Waals surface area contributed by atoms with E-state index in [9.17, 15) is 9.18 Å². The van der Waals surface area contributed by atoms with Gasteiger partial charge in [0.05, 0.1) is 12.0 Å². The molecular formula is C16H21FN2O. The van der Waals surface area contributed by atoms with E-state index in [1.165, 1.54) is 6.07 Å². The Morgan fingerprint density at radius 3 is 2.90 bits per heavy atom. The summed E-state index contributed by atoms with van der Waals surface area (Å²) < 4.78 is 14.0. The quantitative estimate of drug-likeness (QED) is 0.899. The molecule has 1 amide bonds. The number of hydrogen-bond acceptors (Lipinski definition) is 2. The molecule has 20 heavy (non-hydrogen) atoms. The van der Waals surface area contributed by atoms with Gasteiger partial charge in [-0.2, -0.15) is 0 Å². The Kier molecular flexibility index (Phi) is 3.74. The van der Waals surface area contributed by atoms with Crippen LogP contribution in [-0.4, -0.2) is 30.4 Å². The lowest BCUT2D eigenvalue weighted by atomic mass is 9.99. The van der Waals surface area contributed by atoms with Crippen molar-refractivity contribution < 1.29 is 9.18 Å². The van der Waals surface area contributed by atoms with E-state index in [1.807, 2.05) is 17.0 Å². The lowest BCUT2D eigenvalue weighted by Gasteiger charge is -2.27. The minimum atomic E-state index is -0.200. The van der Waals surface area contributed by atoms with Crippen molar-refractivity contribution in [1.29, 1.82) is 0 Å². The molecule has 2 fully saturated rings. The average Bonchev–Trinajstić information content (AvgIpc) is 3.08. The number of hydrogen-bond donors (Lipinski definition) is 1. The Labute approximate surface area is 119 Å². The van der Waals surface area contributed by atoms with Gasteiger partial charge >= 0.3 is 0 Å². The maximum Gasteiger partial charge on any atom is 0.227 e. The standard InChI is InChI=1S/C16H21FN2O/c1-11-8-15(13-4-2-3-5-14(13)17)19(10-11)16(20)12-6-7-18-9-12/h2-5,11-12,15,18H,6-10H2,1H3/t11-,12+,15+/m1/s1. The van der Waals surface area contributed by atoms with Gasteiger partial charge in [0.15, 0.2) is 0 Å². The molecule has 0 aliphatic carbocycles. The molecule has 108 valence electrons. The van der Waals surface area contributed by atoms with Crippen LogP contribution in [0.2, 0.25) is 0 Å². The van der Waals surface area contributed by atoms with Crippen LogP contribution in [0.5, 0.6) is 0 Å². The molecule has 4 heteroatoms. The number of nitrogens with one attached hydrogen (secondary N) is 1. The fourth-order valence-corrected chi connectivity index (χ4v) is 3.43. The van der Waals surface area contributed by atoms with Gasteiger partial charge in [0, 0.05) is 18.7 Å². The third-order valence-electron chi connectivity index (χ3n) is 4.47. The van der Waals surface area contributed by atoms with Crippen LogP contribution in [0.3, 0.4) is 0 Å². The van der Waals surface area contributed by atoms with Crippen molar-refractivity contribution >= 4 is 5.91 Å². The Balaban J connectivity index is 1.85. The summed E-state index contributed by atoms with van der Waals surface area (Å²) in [7, 11) is 0. The largest absolute Gasteiger partial charge is 0.335 e. The number of nitrogens with zero attached hydrogens (tertiary/aromatic N) is 1. The third kappa shape index (κ3) is 2.44. The van der Waals surface area contributed by atoms with Crippen molar-refractivity contribution in [2.45, 2.75) is 25.8 Å². The van der Waals surface area contributed by atoms with E-state index < -0.39 is 0 Å². The lowest BCUT2D eigenvalue weighted by molar-refractivity contribution is -0.136. The number of rotatable bonds is 2. The summed E-state index contributed by atoms with van der Waals surface area (Å²) in [6.45, 7) is 4.54. The third-order valence-corrected chi connectivity index (χ3v) is 4.47. The van der Waals surface area contributed by atoms with Crippen LogP contribution < -0.4 is 5.32 Å². The highest BCUT2D eigenvalue weighted by Crippen LogP contribution is 2.37. The minimum Gasteiger partial charge on any atom is -0.335 e. The normalized spacial score (nSPS) is 29.9. The molecule has 2 heterocycles. The van der Waals surface area contributed by atoms with E-state index in [1.54, 1.807) is 6.07 Å². The molecule has 0 aromatic heterocycles. The van der Waals surface area contributed by atoms with Gasteiger partial charge in [-0.25, -0.2) is 4.39 Å². The molecule has 3 rings (SSSR count). The predicted octanol–water partition coefficient (Wildman–Crippen LogP) is 2.34. The van der Waals surface area contributed by atoms with Crippen LogP contribution in [0.1, 0.15) is 31.4 Å². The second kappa shape index (κ2) is 5.52. The summed E-state index contributed by atoms with van der Waals surface area (Å²) in [5.74, 6) is 0.481. The van der Waals surface area contributed by atoms with Gasteiger partial charge in [-0.05, 0) is 31.4 Å². The van der Waals surface area contributed by atoms with E-state index in [0.29, 0.717) is 11.5 Å². The zero-order chi connectivity index (χ0) is 14.1. The van der Waals surface area contributed by atoms with Crippen LogP contribution in [-0.2, 0) is 4.79 Å². The maximum absolute atomic E-state index is 14.0. The van der Waals surface area contributed by atoms with Crippen molar-refractivity contribution in [1.82, 2.24) is 10.2 Å². The number of halogens is 1. The highest BCUT2D eigenvalue weighted by atomic mass is 19.1. The molecule has 3 nitrogen and oxygen atoms in total. The molecule has 1 N–H and O–H groups in total. The molecule has 0 bridgehead atoms. The van der Waals surface area contributed by atoms with Gasteiger partial charge in [-0.3, -0.25) is 4.79 Å². The highest BCUT2D eigenvalue weighted by molar-refractivity contribution is 5.80. The Hall–Kier alpha value is -1.42. The van der Waals surface area contributed by atoms with Crippen LogP contribution >= 0.6 is 0 Å². The number of likely N-dealkylation sites (tertiary alicyclic amines) is 1. The van der Waals surface area contributed by atoms with Crippen LogP contribution in [0.4, 0.5) is 4.39 Å². The zero-order valence-corrected chi connectivity index (χ0v) is 11.8. The smallest absolute Gasteiger partial charge is 0.227 e. The second-order valence-corrected chi connectivity index (χ2v) is 6.06. The van der Waals surface area contributed by atoms with Crippen molar-refractivity contribution in [3.05, 3.63) is 35.6 Å². The van der Waals surface area contributed by atoms with Gasteiger partial charge in [0.25, 0.3) is 0 Å². The van der Waals surface area contributed by atoms with Gasteiger partial charge in [-0.1, -0.05) is 25.1 Å². The Bertz CT molecular complexity index is 499. The first-order chi connectivity index (χ1) is 9.66. The van der Waals surface area contributed by atoms with E-state index in [-0.39, 0.29) is 23.7 Å². The maximum atomic E-state index is 14.0. The monoisotopic (exact) mass is 276 g/mol. The summed E-state index contributed by atoms with van der Waals surface area (Å²) in [5.41, 5.74) is 0.663. The van der Waals surface area contributed by atoms with Crippen LogP contribution in [0.25, 0.3) is 0 Å². The predicted molar refractivity (Wildman–Crippen MR) is 75.6 cm³/mol. The summed E-state index contributed by atoms with van der Waals surface area (Å²) >= 11 is 0. The van der Waals surface area contributed by atoms with E-state index in [0.717, 1.165) is 32.5 Å². The molecule has 0 saturated carbocycles. The molecule has 3 atom stereocenters. The number of carbonyl (C=O) groups is 1. The average molecular weight is 276 g/mol. The van der Waals surface area contributed by atoms with Crippen molar-refractivity contribution in [3.63, 3.8) is 0 Å². The fourth-order valence-electron chi connectivity index (χ4n) is 3.43. The first kappa shape index (κ1) is 13.6. The molecule has 2 aliphatic rings. The highest BCUT2D eigenvalue weighted by Gasteiger charge is 2.38. The second-order valence-electron chi connectivity index (χ2n) is 6.06. The Morgan fingerprint density at radius 2 is 2.20 bits per heavy atom. The number of carbonyl (C=O) groups excluding carboxylic acids is 1. The summed E-state index contributed by atoms with van der Waals surface area (Å²) in [5, 5.41) is 3.23. The molecule has 0 spiro atoms. The summed E-state index contributed by atoms with van der Waals surface area (Å²) in [6, 6.07) is 6.74. The first-order valence-electron chi connectivity index (χ1n) is 7.42. The van der Waals surface area contributed by atoms with E-state index >= 15 is 0 Å². The van der Waals surface area contributed by atoms with Gasteiger partial charge in [0.1, 0.15) is 5.82 Å². The zero-order valence-electron chi connectivity index (χ0n) is 11.8. The number of benzene rings is 1. The molecule has 0 radical (unpaired) electrons. The minimum absolute atomic E-state index is 0.0644. The van der Waals surface area contributed by atoms with Gasteiger partial charge in [0.2, 0.25) is 5.91 Å². The molecule has 0 unspecified atom stereocenters. The van der Waals surface area contributed by atoms with Crippen molar-refractivity contribution in [3.8, 4) is 0 Å². The lowest BCUT2D eigenvalue weighted by Crippen LogP contribution is -2.37. The van der Waals surface area contributed by atoms with Gasteiger partial charge < -0.3 is 10.2 Å². The number of amides is 1. The Morgan fingerprint density at radius 1 is 1.40 bits per heavy atom. The van der Waals surface area contributed by atoms with E-state index in [4.69, 9.17) is 0 Å². The van der Waals surface area contributed by atoms with Crippen molar-refractivity contribution in [2.24, 2.45) is 11.8 Å². The first-order valence-corrected chi connectivity index (χ1v) is 7.42. The van der Waals surface area contributed by atoms with Crippen LogP contribution in [0.15, 0.2) is 24.3 Å². The molecule has 1 aromatic carbocycles. The molecule has 2 aliphatic heterocycles. The summed E-state index contributed by atoms with van der Waals surface area (Å²) in [4.78, 5) is 14.6. The molecule has 1 aromatic rings. The fraction of sp³-hybridized carbons (Fsp3) is 0.562. The molecular weight excluding hydrogens is 255 g/mol. The van der Waals surface area contributed by atoms with E-state index in [2.05, 4.69) is 12.2 Å². The van der Waals surface area contributed by atoms with Crippen LogP contribution in [0, 0.1) is 17.7 Å².